The predicted molar refractivity (Wildman–Crippen MR) is 79.8 cm³/mol. The van der Waals surface area contributed by atoms with Crippen molar-refractivity contribution in [2.24, 2.45) is 0 Å². The van der Waals surface area contributed by atoms with Gasteiger partial charge in [0.05, 0.1) is 17.7 Å². The van der Waals surface area contributed by atoms with E-state index < -0.39 is 0 Å². The average Bonchev–Trinajstić information content (AvgIpc) is 2.54. The van der Waals surface area contributed by atoms with Crippen LogP contribution in [0.3, 0.4) is 0 Å². The van der Waals surface area contributed by atoms with E-state index in [2.05, 4.69) is 6.07 Å². The lowest BCUT2D eigenvalue weighted by atomic mass is 9.89. The van der Waals surface area contributed by atoms with Crippen molar-refractivity contribution in [2.45, 2.75) is 32.0 Å². The van der Waals surface area contributed by atoms with Crippen molar-refractivity contribution in [1.82, 2.24) is 0 Å². The summed E-state index contributed by atoms with van der Waals surface area (Å²) in [6.45, 7) is 0.360. The van der Waals surface area contributed by atoms with Gasteiger partial charge in [-0.15, -0.1) is 0 Å². The van der Waals surface area contributed by atoms with E-state index in [4.69, 9.17) is 10.00 Å². The highest BCUT2D eigenvalue weighted by Crippen LogP contribution is 2.32. The number of aliphatic hydroxyl groups is 1. The van der Waals surface area contributed by atoms with Gasteiger partial charge in [-0.3, -0.25) is 0 Å². The van der Waals surface area contributed by atoms with E-state index in [0.29, 0.717) is 12.2 Å². The maximum Gasteiger partial charge on any atom is 0.120 e. The summed E-state index contributed by atoms with van der Waals surface area (Å²) in [5.41, 5.74) is 3.69. The maximum absolute atomic E-state index is 10.1. The van der Waals surface area contributed by atoms with E-state index in [-0.39, 0.29) is 6.10 Å². The number of fused-ring (bicyclic) bond motifs is 1. The van der Waals surface area contributed by atoms with Crippen molar-refractivity contribution in [1.29, 1.82) is 5.26 Å². The molecule has 21 heavy (non-hydrogen) atoms. The third-order valence-corrected chi connectivity index (χ3v) is 3.93. The second-order valence-corrected chi connectivity index (χ2v) is 5.33. The summed E-state index contributed by atoms with van der Waals surface area (Å²) in [6, 6.07) is 15.5. The van der Waals surface area contributed by atoms with Crippen molar-refractivity contribution < 1.29 is 9.84 Å². The quantitative estimate of drug-likeness (QED) is 0.935. The first kappa shape index (κ1) is 13.7. The fourth-order valence-electron chi connectivity index (χ4n) is 2.76. The van der Waals surface area contributed by atoms with E-state index in [0.717, 1.165) is 36.1 Å². The topological polar surface area (TPSA) is 53.2 Å². The van der Waals surface area contributed by atoms with E-state index in [9.17, 15) is 5.11 Å². The SMILES string of the molecule is N#Cc1ccccc1COc1ccc2c(c1)[C@H](O)CCC2. The first-order valence-electron chi connectivity index (χ1n) is 7.19. The number of hydrogen-bond acceptors (Lipinski definition) is 3. The van der Waals surface area contributed by atoms with E-state index in [1.54, 1.807) is 6.07 Å². The minimum absolute atomic E-state index is 0.360. The minimum Gasteiger partial charge on any atom is -0.489 e. The van der Waals surface area contributed by atoms with Crippen LogP contribution < -0.4 is 4.74 Å². The van der Waals surface area contributed by atoms with Crippen LogP contribution >= 0.6 is 0 Å². The van der Waals surface area contributed by atoms with Gasteiger partial charge < -0.3 is 9.84 Å². The van der Waals surface area contributed by atoms with Crippen LogP contribution in [-0.4, -0.2) is 5.11 Å². The molecule has 0 fully saturated rings. The number of rotatable bonds is 3. The minimum atomic E-state index is -0.385. The summed E-state index contributed by atoms with van der Waals surface area (Å²) in [7, 11) is 0. The van der Waals surface area contributed by atoms with Crippen molar-refractivity contribution in [3.8, 4) is 11.8 Å². The molecule has 2 aromatic carbocycles. The van der Waals surface area contributed by atoms with Gasteiger partial charge in [-0.25, -0.2) is 0 Å². The molecule has 3 nitrogen and oxygen atoms in total. The Morgan fingerprint density at radius 3 is 2.95 bits per heavy atom. The van der Waals surface area contributed by atoms with Crippen molar-refractivity contribution in [3.63, 3.8) is 0 Å². The molecule has 0 bridgehead atoms. The molecule has 0 heterocycles. The number of ether oxygens (including phenoxy) is 1. The standard InChI is InChI=1S/C18H17NO2/c19-11-14-4-1-2-5-15(14)12-21-16-9-8-13-6-3-7-18(20)17(13)10-16/h1-2,4-5,8-10,18,20H,3,6-7,12H2/t18-/m1/s1. The normalized spacial score (nSPS) is 16.9. The second kappa shape index (κ2) is 5.99. The van der Waals surface area contributed by atoms with Gasteiger partial charge in [0.25, 0.3) is 0 Å². The summed E-state index contributed by atoms with van der Waals surface area (Å²) in [5.74, 6) is 0.738. The number of benzene rings is 2. The van der Waals surface area contributed by atoms with Crippen LogP contribution in [0.4, 0.5) is 0 Å². The molecule has 1 aliphatic rings. The highest BCUT2D eigenvalue weighted by Gasteiger charge is 2.18. The zero-order valence-corrected chi connectivity index (χ0v) is 11.7. The first-order valence-corrected chi connectivity index (χ1v) is 7.19. The summed E-state index contributed by atoms with van der Waals surface area (Å²) in [4.78, 5) is 0. The Bertz CT molecular complexity index is 688. The largest absolute Gasteiger partial charge is 0.489 e. The van der Waals surface area contributed by atoms with Gasteiger partial charge in [-0.1, -0.05) is 24.3 Å². The Kier molecular flexibility index (Phi) is 3.89. The smallest absolute Gasteiger partial charge is 0.120 e. The van der Waals surface area contributed by atoms with Crippen LogP contribution in [0, 0.1) is 11.3 Å². The number of aryl methyl sites for hydroxylation is 1. The Morgan fingerprint density at radius 1 is 1.24 bits per heavy atom. The van der Waals surface area contributed by atoms with Gasteiger partial charge in [-0.2, -0.15) is 5.26 Å². The fourth-order valence-corrected chi connectivity index (χ4v) is 2.76. The molecule has 0 aliphatic heterocycles. The van der Waals surface area contributed by atoms with Gasteiger partial charge in [0.1, 0.15) is 12.4 Å². The number of nitriles is 1. The lowest BCUT2D eigenvalue weighted by Gasteiger charge is -2.22. The summed E-state index contributed by atoms with van der Waals surface area (Å²) < 4.78 is 5.79. The summed E-state index contributed by atoms with van der Waals surface area (Å²) in [5, 5.41) is 19.1. The van der Waals surface area contributed by atoms with Crippen LogP contribution in [0.15, 0.2) is 42.5 Å². The lowest BCUT2D eigenvalue weighted by Crippen LogP contribution is -2.09. The molecule has 0 saturated heterocycles. The monoisotopic (exact) mass is 279 g/mol. The molecule has 0 spiro atoms. The molecular formula is C18H17NO2. The Hall–Kier alpha value is -2.31. The van der Waals surface area contributed by atoms with E-state index in [1.165, 1.54) is 5.56 Å². The Labute approximate surface area is 124 Å². The average molecular weight is 279 g/mol. The third-order valence-electron chi connectivity index (χ3n) is 3.93. The van der Waals surface area contributed by atoms with Gasteiger partial charge in [0.15, 0.2) is 0 Å². The molecular weight excluding hydrogens is 262 g/mol. The van der Waals surface area contributed by atoms with Crippen molar-refractivity contribution in [3.05, 3.63) is 64.7 Å². The van der Waals surface area contributed by atoms with Crippen LogP contribution in [0.25, 0.3) is 0 Å². The van der Waals surface area contributed by atoms with Gasteiger partial charge in [0.2, 0.25) is 0 Å². The lowest BCUT2D eigenvalue weighted by molar-refractivity contribution is 0.156. The molecule has 3 heteroatoms. The van der Waals surface area contributed by atoms with Crippen molar-refractivity contribution in [2.75, 3.05) is 0 Å². The third kappa shape index (κ3) is 2.91. The van der Waals surface area contributed by atoms with Gasteiger partial charge >= 0.3 is 0 Å². The summed E-state index contributed by atoms with van der Waals surface area (Å²) in [6.07, 6.45) is 2.48. The zero-order chi connectivity index (χ0) is 14.7. The van der Waals surface area contributed by atoms with Gasteiger partial charge in [-0.05, 0) is 48.6 Å². The molecule has 106 valence electrons. The molecule has 3 rings (SSSR count). The molecule has 1 aliphatic carbocycles. The zero-order valence-electron chi connectivity index (χ0n) is 11.7. The molecule has 0 unspecified atom stereocenters. The highest BCUT2D eigenvalue weighted by molar-refractivity contribution is 5.40. The maximum atomic E-state index is 10.1. The van der Waals surface area contributed by atoms with E-state index in [1.807, 2.05) is 36.4 Å². The highest BCUT2D eigenvalue weighted by atomic mass is 16.5. The molecule has 2 aromatic rings. The van der Waals surface area contributed by atoms with Crippen LogP contribution in [0.1, 0.15) is 41.2 Å². The molecule has 0 saturated carbocycles. The number of hydrogen-bond donors (Lipinski definition) is 1. The predicted octanol–water partition coefficient (Wildman–Crippen LogP) is 3.51. The van der Waals surface area contributed by atoms with Crippen LogP contribution in [0.2, 0.25) is 0 Å². The number of nitrogens with zero attached hydrogens (tertiary/aromatic N) is 1. The fraction of sp³-hybridized carbons (Fsp3) is 0.278. The Morgan fingerprint density at radius 2 is 2.10 bits per heavy atom. The van der Waals surface area contributed by atoms with E-state index >= 15 is 0 Å². The molecule has 1 atom stereocenters. The molecule has 0 radical (unpaired) electrons. The van der Waals surface area contributed by atoms with Gasteiger partial charge in [0, 0.05) is 5.56 Å². The number of aliphatic hydroxyl groups excluding tert-OH is 1. The van der Waals surface area contributed by atoms with Crippen LogP contribution in [0.5, 0.6) is 5.75 Å². The van der Waals surface area contributed by atoms with Crippen molar-refractivity contribution >= 4 is 0 Å². The second-order valence-electron chi connectivity index (χ2n) is 5.33. The first-order chi connectivity index (χ1) is 10.3. The Balaban J connectivity index is 1.77. The van der Waals surface area contributed by atoms with Crippen LogP contribution in [-0.2, 0) is 13.0 Å². The molecule has 0 amide bonds. The molecule has 1 N–H and O–H groups in total. The molecule has 0 aromatic heterocycles. The summed E-state index contributed by atoms with van der Waals surface area (Å²) >= 11 is 0.